The predicted octanol–water partition coefficient (Wildman–Crippen LogP) is 5.39. The molecule has 0 aromatic heterocycles. The lowest BCUT2D eigenvalue weighted by Gasteiger charge is -2.08. The van der Waals surface area contributed by atoms with Gasteiger partial charge in [-0.25, -0.2) is 4.79 Å². The Hall–Kier alpha value is -2.01. The lowest BCUT2D eigenvalue weighted by atomic mass is 10.1. The van der Waals surface area contributed by atoms with Crippen LogP contribution in [0.15, 0.2) is 42.5 Å². The molecule has 4 nitrogen and oxygen atoms in total. The highest BCUT2D eigenvalue weighted by Crippen LogP contribution is 2.26. The molecule has 0 spiro atoms. The Bertz CT molecular complexity index is 847. The van der Waals surface area contributed by atoms with Gasteiger partial charge in [0.15, 0.2) is 0 Å². The summed E-state index contributed by atoms with van der Waals surface area (Å²) in [6.07, 6.45) is 1.34. The van der Waals surface area contributed by atoms with E-state index in [0.29, 0.717) is 20.6 Å². The maximum Gasteiger partial charge on any atom is 0.337 e. The van der Waals surface area contributed by atoms with Crippen molar-refractivity contribution in [2.45, 2.75) is 6.92 Å². The normalized spacial score (nSPS) is 11.2. The summed E-state index contributed by atoms with van der Waals surface area (Å²) in [6, 6.07) is 9.16. The maximum atomic E-state index is 12.2. The summed E-state index contributed by atoms with van der Waals surface area (Å²) in [5.74, 6) is -1.64. The number of carboxylic acids is 1. The van der Waals surface area contributed by atoms with Crippen LogP contribution in [0, 0.1) is 0 Å². The van der Waals surface area contributed by atoms with E-state index in [4.69, 9.17) is 39.9 Å². The number of aromatic carboxylic acids is 1. The smallest absolute Gasteiger partial charge is 0.337 e. The van der Waals surface area contributed by atoms with Crippen molar-refractivity contribution in [1.82, 2.24) is 0 Å². The minimum Gasteiger partial charge on any atom is -0.478 e. The molecule has 0 atom stereocenters. The Kier molecular flexibility index (Phi) is 5.89. The first-order valence-corrected chi connectivity index (χ1v) is 7.89. The number of nitrogens with one attached hydrogen (secondary N) is 1. The SMILES string of the molecule is C/C(=C/C(=O)Nc1cc(Cl)ccc1C(=O)O)c1ccc(Cl)c(Cl)c1. The molecule has 1 amide bonds. The van der Waals surface area contributed by atoms with E-state index in [1.807, 2.05) is 0 Å². The molecular weight excluding hydrogens is 373 g/mol. The van der Waals surface area contributed by atoms with E-state index in [0.717, 1.165) is 5.56 Å². The second kappa shape index (κ2) is 7.71. The second-order valence-electron chi connectivity index (χ2n) is 4.94. The van der Waals surface area contributed by atoms with Crippen LogP contribution in [0.3, 0.4) is 0 Å². The van der Waals surface area contributed by atoms with Crippen molar-refractivity contribution in [3.8, 4) is 0 Å². The minimum absolute atomic E-state index is 0.0478. The molecule has 0 saturated carbocycles. The van der Waals surface area contributed by atoms with Crippen molar-refractivity contribution in [1.29, 1.82) is 0 Å². The molecule has 7 heteroatoms. The number of hydrogen-bond donors (Lipinski definition) is 2. The Balaban J connectivity index is 2.25. The van der Waals surface area contributed by atoms with Gasteiger partial charge in [-0.2, -0.15) is 0 Å². The van der Waals surface area contributed by atoms with Crippen LogP contribution in [0.25, 0.3) is 5.57 Å². The van der Waals surface area contributed by atoms with Crippen molar-refractivity contribution >= 4 is 57.9 Å². The van der Waals surface area contributed by atoms with E-state index in [1.165, 1.54) is 24.3 Å². The van der Waals surface area contributed by atoms with Crippen molar-refractivity contribution < 1.29 is 14.7 Å². The Labute approximate surface area is 153 Å². The highest BCUT2D eigenvalue weighted by molar-refractivity contribution is 6.42. The first kappa shape index (κ1) is 18.3. The zero-order valence-corrected chi connectivity index (χ0v) is 14.7. The van der Waals surface area contributed by atoms with Gasteiger partial charge < -0.3 is 10.4 Å². The lowest BCUT2D eigenvalue weighted by Crippen LogP contribution is -2.12. The fraction of sp³-hybridized carbons (Fsp3) is 0.0588. The number of carbonyl (C=O) groups is 2. The van der Waals surface area contributed by atoms with E-state index in [1.54, 1.807) is 25.1 Å². The molecule has 2 rings (SSSR count). The summed E-state index contributed by atoms with van der Waals surface area (Å²) in [7, 11) is 0. The summed E-state index contributed by atoms with van der Waals surface area (Å²) in [5.41, 5.74) is 1.45. The first-order chi connectivity index (χ1) is 11.3. The maximum absolute atomic E-state index is 12.2. The van der Waals surface area contributed by atoms with Crippen LogP contribution in [-0.4, -0.2) is 17.0 Å². The van der Waals surface area contributed by atoms with Gasteiger partial charge in [0.05, 0.1) is 21.3 Å². The number of allylic oxidation sites excluding steroid dienone is 1. The number of amides is 1. The highest BCUT2D eigenvalue weighted by Gasteiger charge is 2.12. The number of rotatable bonds is 4. The number of benzene rings is 2. The fourth-order valence-corrected chi connectivity index (χ4v) is 2.47. The molecule has 124 valence electrons. The Morgan fingerprint density at radius 3 is 2.38 bits per heavy atom. The fourth-order valence-electron chi connectivity index (χ4n) is 2.00. The number of halogens is 3. The zero-order valence-electron chi connectivity index (χ0n) is 12.4. The van der Waals surface area contributed by atoms with E-state index in [9.17, 15) is 9.59 Å². The standard InChI is InChI=1S/C17H12Cl3NO3/c1-9(10-2-5-13(19)14(20)7-10)6-16(22)21-15-8-11(18)3-4-12(15)17(23)24/h2-8H,1H3,(H,21,22)(H,23,24)/b9-6-. The topological polar surface area (TPSA) is 66.4 Å². The number of anilines is 1. The molecular formula is C17H12Cl3NO3. The van der Waals surface area contributed by atoms with Gasteiger partial charge in [-0.3, -0.25) is 4.79 Å². The molecule has 2 aromatic carbocycles. The van der Waals surface area contributed by atoms with Crippen molar-refractivity contribution in [3.63, 3.8) is 0 Å². The average Bonchev–Trinajstić information content (AvgIpc) is 2.49. The molecule has 0 bridgehead atoms. The van der Waals surface area contributed by atoms with E-state index >= 15 is 0 Å². The molecule has 0 unspecified atom stereocenters. The van der Waals surface area contributed by atoms with E-state index < -0.39 is 11.9 Å². The van der Waals surface area contributed by atoms with Crippen LogP contribution >= 0.6 is 34.8 Å². The van der Waals surface area contributed by atoms with Gasteiger partial charge in [0, 0.05) is 11.1 Å². The highest BCUT2D eigenvalue weighted by atomic mass is 35.5. The summed E-state index contributed by atoms with van der Waals surface area (Å²) < 4.78 is 0. The summed E-state index contributed by atoms with van der Waals surface area (Å²) >= 11 is 17.7. The van der Waals surface area contributed by atoms with Gasteiger partial charge in [-0.15, -0.1) is 0 Å². The predicted molar refractivity (Wildman–Crippen MR) is 97.2 cm³/mol. The third kappa shape index (κ3) is 4.51. The van der Waals surface area contributed by atoms with E-state index in [-0.39, 0.29) is 11.3 Å². The van der Waals surface area contributed by atoms with Gasteiger partial charge in [0.25, 0.3) is 0 Å². The number of hydrogen-bond acceptors (Lipinski definition) is 2. The molecule has 2 N–H and O–H groups in total. The minimum atomic E-state index is -1.16. The van der Waals surface area contributed by atoms with Gasteiger partial charge in [-0.05, 0) is 48.4 Å². The van der Waals surface area contributed by atoms with Gasteiger partial charge in [0.2, 0.25) is 5.91 Å². The third-order valence-electron chi connectivity index (χ3n) is 3.19. The zero-order chi connectivity index (χ0) is 17.9. The number of carbonyl (C=O) groups excluding carboxylic acids is 1. The van der Waals surface area contributed by atoms with Crippen molar-refractivity contribution in [2.75, 3.05) is 5.32 Å². The lowest BCUT2D eigenvalue weighted by molar-refractivity contribution is -0.111. The van der Waals surface area contributed by atoms with E-state index in [2.05, 4.69) is 5.32 Å². The average molecular weight is 385 g/mol. The molecule has 0 radical (unpaired) electrons. The van der Waals surface area contributed by atoms with Crippen LogP contribution in [-0.2, 0) is 4.79 Å². The van der Waals surface area contributed by atoms with Crippen LogP contribution in [0.2, 0.25) is 15.1 Å². The molecule has 0 aliphatic carbocycles. The molecule has 0 aliphatic heterocycles. The quantitative estimate of drug-likeness (QED) is 0.695. The van der Waals surface area contributed by atoms with Crippen LogP contribution in [0.4, 0.5) is 5.69 Å². The third-order valence-corrected chi connectivity index (χ3v) is 4.17. The summed E-state index contributed by atoms with van der Waals surface area (Å²) in [6.45, 7) is 1.73. The summed E-state index contributed by atoms with van der Waals surface area (Å²) in [4.78, 5) is 23.3. The second-order valence-corrected chi connectivity index (χ2v) is 6.19. The Morgan fingerprint density at radius 2 is 1.75 bits per heavy atom. The number of carboxylic acid groups (broad SMARTS) is 1. The molecule has 2 aromatic rings. The monoisotopic (exact) mass is 383 g/mol. The van der Waals surface area contributed by atoms with Gasteiger partial charge in [0.1, 0.15) is 0 Å². The Morgan fingerprint density at radius 1 is 1.04 bits per heavy atom. The van der Waals surface area contributed by atoms with Crippen LogP contribution < -0.4 is 5.32 Å². The van der Waals surface area contributed by atoms with Gasteiger partial charge in [-0.1, -0.05) is 40.9 Å². The molecule has 0 heterocycles. The molecule has 0 saturated heterocycles. The van der Waals surface area contributed by atoms with Crippen molar-refractivity contribution in [2.24, 2.45) is 0 Å². The van der Waals surface area contributed by atoms with Gasteiger partial charge >= 0.3 is 5.97 Å². The van der Waals surface area contributed by atoms with Crippen LogP contribution in [0.1, 0.15) is 22.8 Å². The molecule has 0 fully saturated rings. The summed E-state index contributed by atoms with van der Waals surface area (Å²) in [5, 5.41) is 12.8. The van der Waals surface area contributed by atoms with Crippen LogP contribution in [0.5, 0.6) is 0 Å². The van der Waals surface area contributed by atoms with Crippen molar-refractivity contribution in [3.05, 3.63) is 68.7 Å². The first-order valence-electron chi connectivity index (χ1n) is 6.75. The molecule has 24 heavy (non-hydrogen) atoms. The molecule has 0 aliphatic rings. The largest absolute Gasteiger partial charge is 0.478 e.